The third-order valence-electron chi connectivity index (χ3n) is 9.70. The van der Waals surface area contributed by atoms with Crippen LogP contribution in [0.2, 0.25) is 0 Å². The maximum Gasteiger partial charge on any atom is 0.116 e. The fourth-order valence-corrected chi connectivity index (χ4v) is 7.47. The highest BCUT2D eigenvalue weighted by Gasteiger charge is 2.33. The number of pyridine rings is 1. The molecule has 0 spiro atoms. The number of nitrogens with zero attached hydrogens (tertiary/aromatic N) is 5. The zero-order valence-corrected chi connectivity index (χ0v) is 27.0. The summed E-state index contributed by atoms with van der Waals surface area (Å²) >= 11 is 0. The SMILES string of the molecule is c1ccc(-c2ccc3c(c2)c2cc(-c4ccccc4)cc4c2n3-c2ccncc2N4c2c(-c3ccccc3)ncnc2-c2ccccc2)cc1. The van der Waals surface area contributed by atoms with Crippen molar-refractivity contribution in [1.82, 2.24) is 19.5 Å². The summed E-state index contributed by atoms with van der Waals surface area (Å²) in [4.78, 5) is 17.0. The molecule has 5 heteroatoms. The molecule has 6 aromatic carbocycles. The van der Waals surface area contributed by atoms with Crippen molar-refractivity contribution in [2.75, 3.05) is 4.90 Å². The van der Waals surface area contributed by atoms with Crippen LogP contribution in [0.5, 0.6) is 0 Å². The van der Waals surface area contributed by atoms with E-state index in [1.807, 2.05) is 24.5 Å². The highest BCUT2D eigenvalue weighted by molar-refractivity contribution is 6.19. The number of fused-ring (bicyclic) bond motifs is 5. The first-order chi connectivity index (χ1) is 24.8. The van der Waals surface area contributed by atoms with Crippen LogP contribution in [0.3, 0.4) is 0 Å². The quantitative estimate of drug-likeness (QED) is 0.188. The van der Waals surface area contributed by atoms with Crippen molar-refractivity contribution in [2.24, 2.45) is 0 Å². The van der Waals surface area contributed by atoms with Crippen LogP contribution in [0.1, 0.15) is 0 Å². The molecule has 0 N–H and O–H groups in total. The van der Waals surface area contributed by atoms with Gasteiger partial charge in [0.15, 0.2) is 0 Å². The van der Waals surface area contributed by atoms with E-state index in [2.05, 4.69) is 155 Å². The van der Waals surface area contributed by atoms with Crippen molar-refractivity contribution in [2.45, 2.75) is 0 Å². The second-order valence-electron chi connectivity index (χ2n) is 12.5. The van der Waals surface area contributed by atoms with Gasteiger partial charge in [-0.25, -0.2) is 9.97 Å². The van der Waals surface area contributed by atoms with Gasteiger partial charge in [0.1, 0.15) is 6.33 Å². The third kappa shape index (κ3) is 4.37. The molecule has 4 heterocycles. The summed E-state index contributed by atoms with van der Waals surface area (Å²) in [6.45, 7) is 0. The summed E-state index contributed by atoms with van der Waals surface area (Å²) < 4.78 is 2.41. The van der Waals surface area contributed by atoms with E-state index in [4.69, 9.17) is 15.0 Å². The average Bonchev–Trinajstić information content (AvgIpc) is 3.53. The van der Waals surface area contributed by atoms with E-state index >= 15 is 0 Å². The van der Waals surface area contributed by atoms with Crippen molar-refractivity contribution in [3.63, 3.8) is 0 Å². The molecule has 234 valence electrons. The van der Waals surface area contributed by atoms with Crippen LogP contribution in [0, 0.1) is 0 Å². The van der Waals surface area contributed by atoms with E-state index in [9.17, 15) is 0 Å². The maximum atomic E-state index is 4.99. The molecule has 1 aliphatic rings. The van der Waals surface area contributed by atoms with Crippen molar-refractivity contribution in [3.05, 3.63) is 176 Å². The van der Waals surface area contributed by atoms with Crippen LogP contribution in [-0.4, -0.2) is 19.5 Å². The first kappa shape index (κ1) is 28.2. The van der Waals surface area contributed by atoms with Crippen molar-refractivity contribution in [1.29, 1.82) is 0 Å². The van der Waals surface area contributed by atoms with Crippen LogP contribution < -0.4 is 4.90 Å². The van der Waals surface area contributed by atoms with Gasteiger partial charge >= 0.3 is 0 Å². The van der Waals surface area contributed by atoms with E-state index in [0.29, 0.717) is 0 Å². The molecule has 9 aromatic rings. The Morgan fingerprint density at radius 2 is 0.980 bits per heavy atom. The minimum absolute atomic E-state index is 0.850. The smallest absolute Gasteiger partial charge is 0.116 e. The second-order valence-corrected chi connectivity index (χ2v) is 12.5. The molecule has 5 nitrogen and oxygen atoms in total. The zero-order valence-electron chi connectivity index (χ0n) is 27.0. The highest BCUT2D eigenvalue weighted by atomic mass is 15.2. The summed E-state index contributed by atoms with van der Waals surface area (Å²) in [5.74, 6) is 0. The number of benzene rings is 6. The van der Waals surface area contributed by atoms with E-state index in [0.717, 1.165) is 67.4 Å². The van der Waals surface area contributed by atoms with Crippen LogP contribution in [0.4, 0.5) is 17.1 Å². The van der Waals surface area contributed by atoms with Crippen molar-refractivity contribution >= 4 is 38.9 Å². The van der Waals surface area contributed by atoms with Crippen LogP contribution >= 0.6 is 0 Å². The largest absolute Gasteiger partial charge is 0.305 e. The Labute approximate surface area is 289 Å². The Bertz CT molecular complexity index is 2630. The average molecular weight is 640 g/mol. The molecule has 50 heavy (non-hydrogen) atoms. The van der Waals surface area contributed by atoms with Gasteiger partial charge in [-0.15, -0.1) is 0 Å². The zero-order chi connectivity index (χ0) is 33.0. The normalized spacial score (nSPS) is 12.0. The summed E-state index contributed by atoms with van der Waals surface area (Å²) in [6, 6.07) is 55.7. The summed E-state index contributed by atoms with van der Waals surface area (Å²) in [5, 5.41) is 2.38. The van der Waals surface area contributed by atoms with Gasteiger partial charge in [-0.2, -0.15) is 0 Å². The summed E-state index contributed by atoms with van der Waals surface area (Å²) in [5.41, 5.74) is 14.6. The van der Waals surface area contributed by atoms with E-state index in [-0.39, 0.29) is 0 Å². The monoisotopic (exact) mass is 639 g/mol. The van der Waals surface area contributed by atoms with Gasteiger partial charge in [0.25, 0.3) is 0 Å². The number of anilines is 3. The Hall–Kier alpha value is -6.85. The third-order valence-corrected chi connectivity index (χ3v) is 9.70. The Balaban J connectivity index is 1.36. The molecule has 0 aliphatic carbocycles. The van der Waals surface area contributed by atoms with E-state index < -0.39 is 0 Å². The van der Waals surface area contributed by atoms with E-state index in [1.54, 1.807) is 6.33 Å². The molecule has 0 saturated carbocycles. The molecular formula is C45H29N5. The van der Waals surface area contributed by atoms with Gasteiger partial charge in [0.05, 0.1) is 51.4 Å². The van der Waals surface area contributed by atoms with Gasteiger partial charge in [-0.1, -0.05) is 127 Å². The molecule has 0 saturated heterocycles. The molecule has 1 aliphatic heterocycles. The first-order valence-corrected chi connectivity index (χ1v) is 16.8. The van der Waals surface area contributed by atoms with E-state index in [1.165, 1.54) is 21.9 Å². The number of rotatable bonds is 5. The molecule has 0 atom stereocenters. The van der Waals surface area contributed by atoms with Crippen molar-refractivity contribution in [3.8, 4) is 50.5 Å². The van der Waals surface area contributed by atoms with Gasteiger partial charge in [0.2, 0.25) is 0 Å². The van der Waals surface area contributed by atoms with Gasteiger partial charge in [-0.05, 0) is 52.6 Å². The number of aromatic nitrogens is 4. The molecule has 0 amide bonds. The van der Waals surface area contributed by atoms with Gasteiger partial charge in [0, 0.05) is 28.1 Å². The molecule has 0 bridgehead atoms. The Kier molecular flexibility index (Phi) is 6.42. The minimum atomic E-state index is 0.850. The maximum absolute atomic E-state index is 4.99. The molecule has 0 fully saturated rings. The lowest BCUT2D eigenvalue weighted by atomic mass is 9.97. The number of hydrogen-bond acceptors (Lipinski definition) is 4. The van der Waals surface area contributed by atoms with Crippen LogP contribution in [0.25, 0.3) is 72.3 Å². The predicted octanol–water partition coefficient (Wildman–Crippen LogP) is 11.4. The van der Waals surface area contributed by atoms with Gasteiger partial charge < -0.3 is 9.47 Å². The van der Waals surface area contributed by atoms with Crippen LogP contribution in [-0.2, 0) is 0 Å². The van der Waals surface area contributed by atoms with Gasteiger partial charge in [-0.3, -0.25) is 4.98 Å². The summed E-state index contributed by atoms with van der Waals surface area (Å²) in [7, 11) is 0. The highest BCUT2D eigenvalue weighted by Crippen LogP contribution is 2.54. The summed E-state index contributed by atoms with van der Waals surface area (Å²) in [6.07, 6.45) is 5.54. The fourth-order valence-electron chi connectivity index (χ4n) is 7.47. The molecule has 0 unspecified atom stereocenters. The lowest BCUT2D eigenvalue weighted by Crippen LogP contribution is -2.20. The second kappa shape index (κ2) is 11.4. The molecule has 10 rings (SSSR count). The fraction of sp³-hybridized carbons (Fsp3) is 0. The predicted molar refractivity (Wildman–Crippen MR) is 204 cm³/mol. The standard InChI is InChI=1S/C45H29N5/c1-5-13-30(14-6-1)34-21-22-38-36(25-34)37-26-35(31-15-7-2-8-16-31)27-40-44(37)49(38)39-23-24-46-28-41(39)50(40)45-42(32-17-9-3-10-18-32)47-29-48-43(45)33-19-11-4-12-20-33/h1-29H. The minimum Gasteiger partial charge on any atom is -0.305 e. The molecular weight excluding hydrogens is 611 g/mol. The molecule has 3 aromatic heterocycles. The lowest BCUT2D eigenvalue weighted by molar-refractivity contribution is 1.07. The van der Waals surface area contributed by atoms with Crippen molar-refractivity contribution < 1.29 is 0 Å². The lowest BCUT2D eigenvalue weighted by Gasteiger charge is -2.34. The van der Waals surface area contributed by atoms with Crippen LogP contribution in [0.15, 0.2) is 176 Å². The Morgan fingerprint density at radius 1 is 0.420 bits per heavy atom. The number of hydrogen-bond donors (Lipinski definition) is 0. The topological polar surface area (TPSA) is 46.8 Å². The Morgan fingerprint density at radius 3 is 1.60 bits per heavy atom. The first-order valence-electron chi connectivity index (χ1n) is 16.8. The molecule has 0 radical (unpaired) electrons.